The molecule has 0 fully saturated rings. The highest BCUT2D eigenvalue weighted by atomic mass is 35.5. The van der Waals surface area contributed by atoms with Crippen molar-refractivity contribution < 1.29 is 14.4 Å². The number of rotatable bonds is 16. The number of carbonyl (C=O) groups excluding carboxylic acids is 2. The summed E-state index contributed by atoms with van der Waals surface area (Å²) in [4.78, 5) is 28.1. The van der Waals surface area contributed by atoms with Gasteiger partial charge in [0.05, 0.1) is 6.04 Å². The Morgan fingerprint density at radius 1 is 1.03 bits per heavy atom. The molecule has 1 unspecified atom stereocenters. The molecule has 0 aliphatic heterocycles. The SMILES string of the molecule is CCCCCCCC/C=C\c1ccc(C(CC)N(CCc2cccc(Cl)c2)OC(=O)C=O)cc1. The van der Waals surface area contributed by atoms with E-state index in [4.69, 9.17) is 16.4 Å². The van der Waals surface area contributed by atoms with Gasteiger partial charge in [-0.25, -0.2) is 4.79 Å². The molecule has 2 aromatic rings. The topological polar surface area (TPSA) is 46.6 Å². The van der Waals surface area contributed by atoms with Gasteiger partial charge in [0.15, 0.2) is 0 Å². The van der Waals surface area contributed by atoms with Crippen molar-refractivity contribution in [3.8, 4) is 0 Å². The van der Waals surface area contributed by atoms with Crippen LogP contribution in [-0.2, 0) is 20.8 Å². The van der Waals surface area contributed by atoms with Crippen LogP contribution in [0.3, 0.4) is 0 Å². The number of halogens is 1. The van der Waals surface area contributed by atoms with Crippen molar-refractivity contribution in [2.75, 3.05) is 6.54 Å². The first-order valence-electron chi connectivity index (χ1n) is 12.5. The Kier molecular flexibility index (Phi) is 13.3. The molecule has 184 valence electrons. The molecular formula is C29H38ClNO3. The van der Waals surface area contributed by atoms with Crippen molar-refractivity contribution in [1.29, 1.82) is 0 Å². The predicted molar refractivity (Wildman–Crippen MR) is 141 cm³/mol. The van der Waals surface area contributed by atoms with Gasteiger partial charge in [-0.3, -0.25) is 4.79 Å². The predicted octanol–water partition coefficient (Wildman–Crippen LogP) is 7.76. The minimum atomic E-state index is -0.890. The number of nitrogens with zero attached hydrogens (tertiary/aromatic N) is 1. The van der Waals surface area contributed by atoms with E-state index in [0.29, 0.717) is 18.0 Å². The normalized spacial score (nSPS) is 12.2. The maximum Gasteiger partial charge on any atom is 0.390 e. The molecule has 2 rings (SSSR count). The van der Waals surface area contributed by atoms with Gasteiger partial charge < -0.3 is 4.84 Å². The molecule has 0 spiro atoms. The Balaban J connectivity index is 1.98. The lowest BCUT2D eigenvalue weighted by atomic mass is 10.0. The van der Waals surface area contributed by atoms with E-state index in [1.165, 1.54) is 38.5 Å². The van der Waals surface area contributed by atoms with Gasteiger partial charge in [0.1, 0.15) is 0 Å². The van der Waals surface area contributed by atoms with Crippen molar-refractivity contribution >= 4 is 29.9 Å². The van der Waals surface area contributed by atoms with E-state index in [1.54, 1.807) is 5.06 Å². The third-order valence-electron chi connectivity index (χ3n) is 5.90. The van der Waals surface area contributed by atoms with Gasteiger partial charge in [0.25, 0.3) is 0 Å². The van der Waals surface area contributed by atoms with Gasteiger partial charge in [-0.15, -0.1) is 5.06 Å². The van der Waals surface area contributed by atoms with Crippen LogP contribution in [-0.4, -0.2) is 23.9 Å². The lowest BCUT2D eigenvalue weighted by Crippen LogP contribution is -2.33. The smallest absolute Gasteiger partial charge is 0.361 e. The number of carbonyl (C=O) groups is 2. The molecule has 0 aliphatic carbocycles. The summed E-state index contributed by atoms with van der Waals surface area (Å²) >= 11 is 6.10. The van der Waals surface area contributed by atoms with Crippen LogP contribution in [0.25, 0.3) is 6.08 Å². The second-order valence-electron chi connectivity index (χ2n) is 8.60. The average Bonchev–Trinajstić information content (AvgIpc) is 2.85. The molecule has 0 N–H and O–H groups in total. The van der Waals surface area contributed by atoms with Gasteiger partial charge in [-0.2, -0.15) is 0 Å². The van der Waals surface area contributed by atoms with E-state index < -0.39 is 5.97 Å². The third kappa shape index (κ3) is 10.2. The van der Waals surface area contributed by atoms with Crippen LogP contribution in [0.1, 0.15) is 87.9 Å². The molecule has 2 aromatic carbocycles. The quantitative estimate of drug-likeness (QED) is 0.106. The standard InChI is InChI=1S/C29H38ClNO3/c1-3-5-6-7-8-9-10-11-13-24-16-18-26(19-17-24)28(4-2)31(34-29(33)23-32)21-20-25-14-12-15-27(30)22-25/h11-19,22-23,28H,3-10,20-21H2,1-2H3/b13-11-. The minimum Gasteiger partial charge on any atom is -0.361 e. The molecule has 0 heterocycles. The molecule has 0 radical (unpaired) electrons. The summed E-state index contributed by atoms with van der Waals surface area (Å²) in [6.45, 7) is 4.74. The molecule has 0 amide bonds. The fraction of sp³-hybridized carbons (Fsp3) is 0.448. The van der Waals surface area contributed by atoms with Crippen LogP contribution in [0, 0.1) is 0 Å². The van der Waals surface area contributed by atoms with Crippen molar-refractivity contribution in [3.05, 3.63) is 76.3 Å². The molecule has 0 aromatic heterocycles. The Hall–Kier alpha value is -2.43. The van der Waals surface area contributed by atoms with E-state index in [-0.39, 0.29) is 12.3 Å². The zero-order valence-corrected chi connectivity index (χ0v) is 21.3. The lowest BCUT2D eigenvalue weighted by molar-refractivity contribution is -0.201. The highest BCUT2D eigenvalue weighted by Gasteiger charge is 2.23. The lowest BCUT2D eigenvalue weighted by Gasteiger charge is -2.29. The van der Waals surface area contributed by atoms with E-state index in [2.05, 4.69) is 43.3 Å². The van der Waals surface area contributed by atoms with Crippen molar-refractivity contribution in [3.63, 3.8) is 0 Å². The van der Waals surface area contributed by atoms with Crippen LogP contribution in [0.2, 0.25) is 5.02 Å². The van der Waals surface area contributed by atoms with Crippen molar-refractivity contribution in [2.24, 2.45) is 0 Å². The fourth-order valence-corrected chi connectivity index (χ4v) is 4.24. The van der Waals surface area contributed by atoms with Gasteiger partial charge in [0.2, 0.25) is 6.29 Å². The second-order valence-corrected chi connectivity index (χ2v) is 9.03. The summed E-state index contributed by atoms with van der Waals surface area (Å²) in [6, 6.07) is 15.8. The molecule has 0 aliphatic rings. The summed E-state index contributed by atoms with van der Waals surface area (Å²) in [5.74, 6) is -0.890. The first-order chi connectivity index (χ1) is 16.6. The maximum atomic E-state index is 11.8. The molecule has 5 heteroatoms. The van der Waals surface area contributed by atoms with Gasteiger partial charge in [-0.05, 0) is 54.5 Å². The van der Waals surface area contributed by atoms with Gasteiger partial charge >= 0.3 is 5.97 Å². The number of allylic oxidation sites excluding steroid dienone is 1. The van der Waals surface area contributed by atoms with E-state index in [1.807, 2.05) is 31.2 Å². The van der Waals surface area contributed by atoms with Gasteiger partial charge in [-0.1, -0.05) is 106 Å². The van der Waals surface area contributed by atoms with Crippen molar-refractivity contribution in [1.82, 2.24) is 5.06 Å². The second kappa shape index (κ2) is 16.2. The zero-order chi connectivity index (χ0) is 24.6. The number of unbranched alkanes of at least 4 members (excludes halogenated alkanes) is 6. The summed E-state index contributed by atoms with van der Waals surface area (Å²) in [7, 11) is 0. The number of hydroxylamine groups is 2. The fourth-order valence-electron chi connectivity index (χ4n) is 4.03. The first-order valence-corrected chi connectivity index (χ1v) is 12.9. The minimum absolute atomic E-state index is 0.149. The van der Waals surface area contributed by atoms with E-state index >= 15 is 0 Å². The van der Waals surface area contributed by atoms with Gasteiger partial charge in [0, 0.05) is 11.6 Å². The summed E-state index contributed by atoms with van der Waals surface area (Å²) in [6.07, 6.45) is 14.9. The summed E-state index contributed by atoms with van der Waals surface area (Å²) in [5, 5.41) is 2.28. The highest BCUT2D eigenvalue weighted by molar-refractivity contribution is 6.30. The molecule has 0 saturated carbocycles. The molecule has 34 heavy (non-hydrogen) atoms. The van der Waals surface area contributed by atoms with Crippen molar-refractivity contribution in [2.45, 2.75) is 77.7 Å². The third-order valence-corrected chi connectivity index (χ3v) is 6.14. The number of benzene rings is 2. The van der Waals surface area contributed by atoms with E-state index in [0.717, 1.165) is 29.5 Å². The molecular weight excluding hydrogens is 446 g/mol. The van der Waals surface area contributed by atoms with Crippen LogP contribution in [0.4, 0.5) is 0 Å². The summed E-state index contributed by atoms with van der Waals surface area (Å²) < 4.78 is 0. The number of hydrogen-bond acceptors (Lipinski definition) is 4. The largest absolute Gasteiger partial charge is 0.390 e. The highest BCUT2D eigenvalue weighted by Crippen LogP contribution is 2.26. The Morgan fingerprint density at radius 3 is 2.44 bits per heavy atom. The Labute approximate surface area is 209 Å². The number of aldehydes is 1. The Morgan fingerprint density at radius 2 is 1.76 bits per heavy atom. The van der Waals surface area contributed by atoms with E-state index in [9.17, 15) is 9.59 Å². The number of hydrogen-bond donors (Lipinski definition) is 0. The average molecular weight is 484 g/mol. The maximum absolute atomic E-state index is 11.8. The molecule has 0 bridgehead atoms. The Bertz CT molecular complexity index is 895. The molecule has 1 atom stereocenters. The van der Waals surface area contributed by atoms with Crippen LogP contribution < -0.4 is 0 Å². The van der Waals surface area contributed by atoms with Crippen LogP contribution in [0.5, 0.6) is 0 Å². The monoisotopic (exact) mass is 483 g/mol. The van der Waals surface area contributed by atoms with Crippen LogP contribution >= 0.6 is 11.6 Å². The first kappa shape index (κ1) is 27.8. The summed E-state index contributed by atoms with van der Waals surface area (Å²) in [5.41, 5.74) is 3.24. The zero-order valence-electron chi connectivity index (χ0n) is 20.5. The molecule has 4 nitrogen and oxygen atoms in total. The molecule has 0 saturated heterocycles. The van der Waals surface area contributed by atoms with Crippen LogP contribution in [0.15, 0.2) is 54.6 Å².